The SMILES string of the molecule is Cc1nc(NC(CO)CC(C)C)ccc1Br. The zero-order chi connectivity index (χ0) is 12.1. The van der Waals surface area contributed by atoms with Gasteiger partial charge in [-0.2, -0.15) is 0 Å². The molecule has 1 heterocycles. The van der Waals surface area contributed by atoms with Gasteiger partial charge >= 0.3 is 0 Å². The standard InChI is InChI=1S/C12H19BrN2O/c1-8(2)6-10(7-16)15-12-5-4-11(13)9(3)14-12/h4-5,8,10,16H,6-7H2,1-3H3,(H,14,15). The first-order valence-corrected chi connectivity index (χ1v) is 6.32. The summed E-state index contributed by atoms with van der Waals surface area (Å²) in [6.45, 7) is 6.37. The molecular weight excluding hydrogens is 268 g/mol. The molecule has 0 amide bonds. The lowest BCUT2D eigenvalue weighted by Gasteiger charge is -2.19. The number of anilines is 1. The molecule has 0 saturated carbocycles. The summed E-state index contributed by atoms with van der Waals surface area (Å²) < 4.78 is 1.00. The lowest BCUT2D eigenvalue weighted by molar-refractivity contribution is 0.259. The molecule has 3 nitrogen and oxygen atoms in total. The summed E-state index contributed by atoms with van der Waals surface area (Å²) in [6, 6.07) is 3.96. The van der Waals surface area contributed by atoms with Gasteiger partial charge in [0.2, 0.25) is 0 Å². The third-order valence-electron chi connectivity index (χ3n) is 2.35. The average molecular weight is 287 g/mol. The summed E-state index contributed by atoms with van der Waals surface area (Å²) in [7, 11) is 0. The second-order valence-electron chi connectivity index (χ2n) is 4.42. The van der Waals surface area contributed by atoms with E-state index in [2.05, 4.69) is 40.1 Å². The van der Waals surface area contributed by atoms with Gasteiger partial charge in [-0.05, 0) is 47.3 Å². The lowest BCUT2D eigenvalue weighted by atomic mass is 10.0. The maximum absolute atomic E-state index is 9.26. The fourth-order valence-electron chi connectivity index (χ4n) is 1.58. The number of aliphatic hydroxyl groups excluding tert-OH is 1. The van der Waals surface area contributed by atoms with Crippen molar-refractivity contribution in [2.75, 3.05) is 11.9 Å². The van der Waals surface area contributed by atoms with Gasteiger partial charge in [0.25, 0.3) is 0 Å². The van der Waals surface area contributed by atoms with Gasteiger partial charge in [0.15, 0.2) is 0 Å². The fraction of sp³-hybridized carbons (Fsp3) is 0.583. The molecule has 0 spiro atoms. The van der Waals surface area contributed by atoms with Crippen LogP contribution in [0.4, 0.5) is 5.82 Å². The molecule has 0 aliphatic heterocycles. The molecule has 0 fully saturated rings. The van der Waals surface area contributed by atoms with E-state index in [9.17, 15) is 5.11 Å². The van der Waals surface area contributed by atoms with E-state index in [1.807, 2.05) is 19.1 Å². The summed E-state index contributed by atoms with van der Waals surface area (Å²) in [5.74, 6) is 1.38. The van der Waals surface area contributed by atoms with Crippen LogP contribution in [-0.4, -0.2) is 22.7 Å². The molecule has 1 aromatic heterocycles. The van der Waals surface area contributed by atoms with E-state index >= 15 is 0 Å². The summed E-state index contributed by atoms with van der Waals surface area (Å²) >= 11 is 3.41. The smallest absolute Gasteiger partial charge is 0.126 e. The zero-order valence-corrected chi connectivity index (χ0v) is 11.6. The summed E-state index contributed by atoms with van der Waals surface area (Å²) in [5, 5.41) is 12.5. The Labute approximate surface area is 105 Å². The quantitative estimate of drug-likeness (QED) is 0.875. The third kappa shape index (κ3) is 4.10. The van der Waals surface area contributed by atoms with Crippen LogP contribution in [0, 0.1) is 12.8 Å². The van der Waals surface area contributed by atoms with E-state index in [0.717, 1.165) is 22.4 Å². The molecule has 1 atom stereocenters. The van der Waals surface area contributed by atoms with Crippen molar-refractivity contribution in [3.05, 3.63) is 22.3 Å². The Kier molecular flexibility index (Phi) is 5.22. The summed E-state index contributed by atoms with van der Waals surface area (Å²) in [6.07, 6.45) is 0.938. The molecule has 0 aliphatic rings. The van der Waals surface area contributed by atoms with Crippen LogP contribution in [0.2, 0.25) is 0 Å². The first-order valence-electron chi connectivity index (χ1n) is 5.53. The topological polar surface area (TPSA) is 45.2 Å². The van der Waals surface area contributed by atoms with Crippen LogP contribution >= 0.6 is 15.9 Å². The van der Waals surface area contributed by atoms with Crippen molar-refractivity contribution in [3.8, 4) is 0 Å². The number of aromatic nitrogens is 1. The molecule has 90 valence electrons. The lowest BCUT2D eigenvalue weighted by Crippen LogP contribution is -2.26. The van der Waals surface area contributed by atoms with E-state index in [1.54, 1.807) is 0 Å². The van der Waals surface area contributed by atoms with Crippen LogP contribution in [-0.2, 0) is 0 Å². The molecule has 1 aromatic rings. The second kappa shape index (κ2) is 6.21. The van der Waals surface area contributed by atoms with Crippen LogP contribution in [0.3, 0.4) is 0 Å². The van der Waals surface area contributed by atoms with Crippen molar-refractivity contribution >= 4 is 21.7 Å². The number of aliphatic hydroxyl groups is 1. The van der Waals surface area contributed by atoms with Crippen molar-refractivity contribution in [2.45, 2.75) is 33.2 Å². The molecular formula is C12H19BrN2O. The number of rotatable bonds is 5. The Morgan fingerprint density at radius 3 is 2.62 bits per heavy atom. The predicted octanol–water partition coefficient (Wildman–Crippen LogP) is 2.97. The second-order valence-corrected chi connectivity index (χ2v) is 5.27. The van der Waals surface area contributed by atoms with Crippen LogP contribution < -0.4 is 5.32 Å². The van der Waals surface area contributed by atoms with Gasteiger partial charge in [0.1, 0.15) is 5.82 Å². The first-order chi connectivity index (χ1) is 7.52. The number of hydrogen-bond donors (Lipinski definition) is 2. The normalized spacial score (nSPS) is 12.9. The Bertz CT molecular complexity index is 342. The van der Waals surface area contributed by atoms with Gasteiger partial charge in [-0.25, -0.2) is 4.98 Å². The molecule has 0 aliphatic carbocycles. The molecule has 0 bridgehead atoms. The van der Waals surface area contributed by atoms with Crippen LogP contribution in [0.25, 0.3) is 0 Å². The number of hydrogen-bond acceptors (Lipinski definition) is 3. The van der Waals surface area contributed by atoms with E-state index in [4.69, 9.17) is 0 Å². The highest BCUT2D eigenvalue weighted by atomic mass is 79.9. The van der Waals surface area contributed by atoms with Crippen LogP contribution in [0.15, 0.2) is 16.6 Å². The van der Waals surface area contributed by atoms with Gasteiger partial charge < -0.3 is 10.4 Å². The van der Waals surface area contributed by atoms with Gasteiger partial charge in [0, 0.05) is 4.47 Å². The summed E-state index contributed by atoms with van der Waals surface area (Å²) in [5.41, 5.74) is 0.950. The molecule has 2 N–H and O–H groups in total. The van der Waals surface area contributed by atoms with Gasteiger partial charge in [-0.15, -0.1) is 0 Å². The highest BCUT2D eigenvalue weighted by molar-refractivity contribution is 9.10. The minimum atomic E-state index is 0.0769. The van der Waals surface area contributed by atoms with E-state index in [-0.39, 0.29) is 12.6 Å². The molecule has 1 rings (SSSR count). The highest BCUT2D eigenvalue weighted by Gasteiger charge is 2.10. The van der Waals surface area contributed by atoms with E-state index in [1.165, 1.54) is 0 Å². The van der Waals surface area contributed by atoms with Gasteiger partial charge in [-0.1, -0.05) is 13.8 Å². The van der Waals surface area contributed by atoms with Crippen molar-refractivity contribution in [3.63, 3.8) is 0 Å². The number of nitrogens with one attached hydrogen (secondary N) is 1. The Hall–Kier alpha value is -0.610. The van der Waals surface area contributed by atoms with E-state index < -0.39 is 0 Å². The maximum Gasteiger partial charge on any atom is 0.126 e. The number of nitrogens with zero attached hydrogens (tertiary/aromatic N) is 1. The Morgan fingerprint density at radius 1 is 1.44 bits per heavy atom. The molecule has 4 heteroatoms. The molecule has 0 saturated heterocycles. The first kappa shape index (κ1) is 13.5. The molecule has 1 unspecified atom stereocenters. The van der Waals surface area contributed by atoms with Crippen molar-refractivity contribution in [1.82, 2.24) is 4.98 Å². The fourth-order valence-corrected chi connectivity index (χ4v) is 1.80. The third-order valence-corrected chi connectivity index (χ3v) is 3.19. The van der Waals surface area contributed by atoms with Crippen molar-refractivity contribution in [2.24, 2.45) is 5.92 Å². The largest absolute Gasteiger partial charge is 0.394 e. The van der Waals surface area contributed by atoms with E-state index in [0.29, 0.717) is 5.92 Å². The molecule has 0 radical (unpaired) electrons. The van der Waals surface area contributed by atoms with Crippen LogP contribution in [0.5, 0.6) is 0 Å². The minimum absolute atomic E-state index is 0.0769. The zero-order valence-electron chi connectivity index (χ0n) is 10.00. The van der Waals surface area contributed by atoms with Gasteiger partial charge in [0.05, 0.1) is 18.3 Å². The maximum atomic E-state index is 9.26. The summed E-state index contributed by atoms with van der Waals surface area (Å²) in [4.78, 5) is 4.40. The monoisotopic (exact) mass is 286 g/mol. The molecule has 0 aromatic carbocycles. The predicted molar refractivity (Wildman–Crippen MR) is 70.6 cm³/mol. The van der Waals surface area contributed by atoms with Crippen molar-refractivity contribution < 1.29 is 5.11 Å². The average Bonchev–Trinajstić information content (AvgIpc) is 2.22. The Morgan fingerprint density at radius 2 is 2.12 bits per heavy atom. The molecule has 16 heavy (non-hydrogen) atoms. The highest BCUT2D eigenvalue weighted by Crippen LogP contribution is 2.17. The number of halogens is 1. The minimum Gasteiger partial charge on any atom is -0.394 e. The number of aryl methyl sites for hydroxylation is 1. The Balaban J connectivity index is 2.66. The van der Waals surface area contributed by atoms with Crippen LogP contribution in [0.1, 0.15) is 26.0 Å². The van der Waals surface area contributed by atoms with Crippen molar-refractivity contribution in [1.29, 1.82) is 0 Å². The van der Waals surface area contributed by atoms with Gasteiger partial charge in [-0.3, -0.25) is 0 Å². The number of pyridine rings is 1.